The lowest BCUT2D eigenvalue weighted by Crippen LogP contribution is -2.25. The molecular weight excluding hydrogens is 300 g/mol. The number of nitrogens with zero attached hydrogens (tertiary/aromatic N) is 1. The average Bonchev–Trinajstić information content (AvgIpc) is 2.41. The van der Waals surface area contributed by atoms with Crippen molar-refractivity contribution in [1.29, 1.82) is 0 Å². The minimum absolute atomic E-state index is 0.0464. The summed E-state index contributed by atoms with van der Waals surface area (Å²) in [5, 5.41) is 22.1. The molecule has 0 heterocycles. The van der Waals surface area contributed by atoms with Crippen molar-refractivity contribution in [3.8, 4) is 0 Å². The van der Waals surface area contributed by atoms with Gasteiger partial charge in [-0.3, -0.25) is 19.7 Å². The zero-order valence-corrected chi connectivity index (χ0v) is 11.9. The summed E-state index contributed by atoms with van der Waals surface area (Å²) in [4.78, 5) is 32.4. The van der Waals surface area contributed by atoms with Gasteiger partial charge in [0.05, 0.1) is 4.92 Å². The van der Waals surface area contributed by atoms with Crippen LogP contribution in [0, 0.1) is 10.1 Å². The first kappa shape index (κ1) is 16.9. The Bertz CT molecular complexity index is 547. The number of amides is 1. The van der Waals surface area contributed by atoms with Crippen LogP contribution in [0.3, 0.4) is 0 Å². The number of hydrogen-bond acceptors (Lipinski definition) is 4. The smallest absolute Gasteiger partial charge is 0.303 e. The van der Waals surface area contributed by atoms with Crippen molar-refractivity contribution in [2.75, 3.05) is 6.54 Å². The number of carbonyl (C=O) groups excluding carboxylic acids is 1. The molecule has 114 valence electrons. The Balaban J connectivity index is 2.49. The van der Waals surface area contributed by atoms with Crippen molar-refractivity contribution >= 4 is 29.2 Å². The van der Waals surface area contributed by atoms with E-state index in [1.165, 1.54) is 12.1 Å². The monoisotopic (exact) mass is 314 g/mol. The third kappa shape index (κ3) is 5.78. The van der Waals surface area contributed by atoms with Crippen molar-refractivity contribution in [1.82, 2.24) is 5.32 Å². The lowest BCUT2D eigenvalue weighted by Gasteiger charge is -2.06. The van der Waals surface area contributed by atoms with Gasteiger partial charge in [-0.15, -0.1) is 0 Å². The van der Waals surface area contributed by atoms with E-state index < -0.39 is 16.8 Å². The normalized spacial score (nSPS) is 10.1. The van der Waals surface area contributed by atoms with E-state index in [0.717, 1.165) is 6.07 Å². The maximum absolute atomic E-state index is 11.9. The predicted molar refractivity (Wildman–Crippen MR) is 76.5 cm³/mol. The van der Waals surface area contributed by atoms with E-state index in [-0.39, 0.29) is 22.7 Å². The molecule has 1 aromatic carbocycles. The van der Waals surface area contributed by atoms with E-state index in [2.05, 4.69) is 5.32 Å². The topological polar surface area (TPSA) is 110 Å². The Kier molecular flexibility index (Phi) is 6.61. The molecule has 1 rings (SSSR count). The standard InChI is InChI=1S/C13H15ClN2O5/c14-9-5-6-10(11(8-9)16(20)21)13(19)15-7-3-1-2-4-12(17)18/h5-6,8H,1-4,7H2,(H,15,19)(H,17,18). The molecule has 0 saturated carbocycles. The van der Waals surface area contributed by atoms with E-state index in [1.54, 1.807) is 0 Å². The van der Waals surface area contributed by atoms with Crippen LogP contribution in [0.15, 0.2) is 18.2 Å². The van der Waals surface area contributed by atoms with Crippen LogP contribution in [0.1, 0.15) is 36.0 Å². The molecule has 0 aliphatic rings. The molecule has 1 aromatic rings. The number of carboxylic acid groups (broad SMARTS) is 1. The highest BCUT2D eigenvalue weighted by Gasteiger charge is 2.20. The third-order valence-electron chi connectivity index (χ3n) is 2.75. The van der Waals surface area contributed by atoms with Crippen LogP contribution in [0.2, 0.25) is 5.02 Å². The molecule has 0 fully saturated rings. The minimum Gasteiger partial charge on any atom is -0.481 e. The van der Waals surface area contributed by atoms with Gasteiger partial charge in [0.1, 0.15) is 5.56 Å². The minimum atomic E-state index is -0.851. The molecule has 7 nitrogen and oxygen atoms in total. The van der Waals surface area contributed by atoms with Crippen molar-refractivity contribution < 1.29 is 19.6 Å². The number of nitrogens with one attached hydrogen (secondary N) is 1. The molecule has 1 amide bonds. The fraction of sp³-hybridized carbons (Fsp3) is 0.385. The summed E-state index contributed by atoms with van der Waals surface area (Å²) in [5.74, 6) is -1.40. The number of halogens is 1. The van der Waals surface area contributed by atoms with E-state index >= 15 is 0 Å². The molecule has 0 atom stereocenters. The van der Waals surface area contributed by atoms with Crippen LogP contribution < -0.4 is 5.32 Å². The van der Waals surface area contributed by atoms with Crippen molar-refractivity contribution in [3.05, 3.63) is 38.9 Å². The fourth-order valence-electron chi connectivity index (χ4n) is 1.72. The summed E-state index contributed by atoms with van der Waals surface area (Å²) in [6.07, 6.45) is 1.90. The van der Waals surface area contributed by atoms with E-state index in [9.17, 15) is 19.7 Å². The molecule has 8 heteroatoms. The highest BCUT2D eigenvalue weighted by atomic mass is 35.5. The number of aliphatic carboxylic acids is 1. The summed E-state index contributed by atoms with van der Waals surface area (Å²) in [5.41, 5.74) is -0.388. The van der Waals surface area contributed by atoms with Crippen LogP contribution in [0.25, 0.3) is 0 Å². The molecule has 0 saturated heterocycles. The van der Waals surface area contributed by atoms with Gasteiger partial charge in [-0.25, -0.2) is 0 Å². The maximum atomic E-state index is 11.9. The van der Waals surface area contributed by atoms with Gasteiger partial charge >= 0.3 is 5.97 Å². The number of hydrogen-bond donors (Lipinski definition) is 2. The second-order valence-corrected chi connectivity index (χ2v) is 4.82. The summed E-state index contributed by atoms with van der Waals surface area (Å²) >= 11 is 5.67. The van der Waals surface area contributed by atoms with Crippen LogP contribution in [-0.4, -0.2) is 28.5 Å². The summed E-state index contributed by atoms with van der Waals surface area (Å²) in [7, 11) is 0. The quantitative estimate of drug-likeness (QED) is 0.435. The molecule has 0 aromatic heterocycles. The molecule has 0 bridgehead atoms. The highest BCUT2D eigenvalue weighted by molar-refractivity contribution is 6.31. The van der Waals surface area contributed by atoms with Crippen LogP contribution >= 0.6 is 11.6 Å². The van der Waals surface area contributed by atoms with Crippen LogP contribution in [-0.2, 0) is 4.79 Å². The molecular formula is C13H15ClN2O5. The summed E-state index contributed by atoms with van der Waals surface area (Å²) in [6, 6.07) is 3.85. The Morgan fingerprint density at radius 1 is 1.29 bits per heavy atom. The van der Waals surface area contributed by atoms with Crippen molar-refractivity contribution in [2.45, 2.75) is 25.7 Å². The molecule has 2 N–H and O–H groups in total. The van der Waals surface area contributed by atoms with Gasteiger partial charge < -0.3 is 10.4 Å². The fourth-order valence-corrected chi connectivity index (χ4v) is 1.89. The SMILES string of the molecule is O=C(O)CCCCCNC(=O)c1ccc(Cl)cc1[N+](=O)[O-]. The van der Waals surface area contributed by atoms with Gasteiger partial charge in [0, 0.05) is 24.1 Å². The zero-order chi connectivity index (χ0) is 15.8. The molecule has 0 radical (unpaired) electrons. The Labute approximate surface area is 126 Å². The highest BCUT2D eigenvalue weighted by Crippen LogP contribution is 2.23. The van der Waals surface area contributed by atoms with Crippen LogP contribution in [0.5, 0.6) is 0 Å². The van der Waals surface area contributed by atoms with E-state index in [0.29, 0.717) is 25.8 Å². The number of carbonyl (C=O) groups is 2. The Morgan fingerprint density at radius 3 is 2.62 bits per heavy atom. The zero-order valence-electron chi connectivity index (χ0n) is 11.2. The molecule has 0 aliphatic heterocycles. The molecule has 0 aliphatic carbocycles. The summed E-state index contributed by atoms with van der Waals surface area (Å²) in [6.45, 7) is 0.332. The van der Waals surface area contributed by atoms with Gasteiger partial charge in [0.25, 0.3) is 11.6 Å². The average molecular weight is 315 g/mol. The Hall–Kier alpha value is -2.15. The number of benzene rings is 1. The number of carboxylic acids is 1. The third-order valence-corrected chi connectivity index (χ3v) is 2.99. The lowest BCUT2D eigenvalue weighted by molar-refractivity contribution is -0.385. The number of unbranched alkanes of at least 4 members (excludes halogenated alkanes) is 2. The van der Waals surface area contributed by atoms with Gasteiger partial charge in [-0.2, -0.15) is 0 Å². The lowest BCUT2D eigenvalue weighted by atomic mass is 10.1. The van der Waals surface area contributed by atoms with Gasteiger partial charge in [0.15, 0.2) is 0 Å². The Morgan fingerprint density at radius 2 is 2.00 bits per heavy atom. The predicted octanol–water partition coefficient (Wildman–Crippen LogP) is 2.62. The molecule has 0 spiro atoms. The number of nitro groups is 1. The first-order chi connectivity index (χ1) is 9.91. The van der Waals surface area contributed by atoms with E-state index in [1.807, 2.05) is 0 Å². The van der Waals surface area contributed by atoms with E-state index in [4.69, 9.17) is 16.7 Å². The second-order valence-electron chi connectivity index (χ2n) is 4.38. The maximum Gasteiger partial charge on any atom is 0.303 e. The largest absolute Gasteiger partial charge is 0.481 e. The van der Waals surface area contributed by atoms with Gasteiger partial charge in [-0.1, -0.05) is 18.0 Å². The van der Waals surface area contributed by atoms with Gasteiger partial charge in [-0.05, 0) is 25.0 Å². The summed E-state index contributed by atoms with van der Waals surface area (Å²) < 4.78 is 0. The van der Waals surface area contributed by atoms with Crippen LogP contribution in [0.4, 0.5) is 5.69 Å². The van der Waals surface area contributed by atoms with Gasteiger partial charge in [0.2, 0.25) is 0 Å². The number of nitro benzene ring substituents is 1. The van der Waals surface area contributed by atoms with Crippen molar-refractivity contribution in [3.63, 3.8) is 0 Å². The first-order valence-electron chi connectivity index (χ1n) is 6.35. The van der Waals surface area contributed by atoms with Crippen molar-refractivity contribution in [2.24, 2.45) is 0 Å². The second kappa shape index (κ2) is 8.21. The first-order valence-corrected chi connectivity index (χ1v) is 6.73. The number of rotatable bonds is 8. The molecule has 21 heavy (non-hydrogen) atoms. The molecule has 0 unspecified atom stereocenters.